The largest absolute Gasteiger partial charge is 0.334 e. The molecule has 1 heterocycles. The molecule has 0 bridgehead atoms. The maximum atomic E-state index is 13.2. The summed E-state index contributed by atoms with van der Waals surface area (Å²) in [7, 11) is -3.25. The Morgan fingerprint density at radius 2 is 2.14 bits per heavy atom. The highest BCUT2D eigenvalue weighted by Crippen LogP contribution is 2.17. The molecule has 0 saturated carbocycles. The van der Waals surface area contributed by atoms with Crippen LogP contribution in [0.25, 0.3) is 0 Å². The van der Waals surface area contributed by atoms with E-state index in [2.05, 4.69) is 10.6 Å². The SMILES string of the molecule is Cc1ccc(F)cc1NC(=O)NC1CCCN(S(C)(=O)=O)C1. The van der Waals surface area contributed by atoms with Gasteiger partial charge in [0, 0.05) is 24.8 Å². The van der Waals surface area contributed by atoms with E-state index >= 15 is 0 Å². The molecule has 1 aliphatic heterocycles. The van der Waals surface area contributed by atoms with Crippen LogP contribution in [0, 0.1) is 12.7 Å². The number of carbonyl (C=O) groups is 1. The third kappa shape index (κ3) is 4.41. The van der Waals surface area contributed by atoms with E-state index < -0.39 is 21.9 Å². The summed E-state index contributed by atoms with van der Waals surface area (Å²) in [5.74, 6) is -0.429. The number of anilines is 1. The lowest BCUT2D eigenvalue weighted by atomic mass is 10.1. The molecular formula is C14H20FN3O3S. The minimum Gasteiger partial charge on any atom is -0.334 e. The second-order valence-corrected chi connectivity index (χ2v) is 7.50. The molecule has 1 saturated heterocycles. The van der Waals surface area contributed by atoms with Crippen molar-refractivity contribution in [2.24, 2.45) is 0 Å². The highest BCUT2D eigenvalue weighted by Gasteiger charge is 2.26. The van der Waals surface area contributed by atoms with Crippen LogP contribution in [0.3, 0.4) is 0 Å². The van der Waals surface area contributed by atoms with Gasteiger partial charge in [-0.3, -0.25) is 0 Å². The first kappa shape index (κ1) is 16.7. The number of halogens is 1. The summed E-state index contributed by atoms with van der Waals surface area (Å²) in [5.41, 5.74) is 1.14. The van der Waals surface area contributed by atoms with Crippen LogP contribution in [0.5, 0.6) is 0 Å². The van der Waals surface area contributed by atoms with E-state index in [4.69, 9.17) is 0 Å². The van der Waals surface area contributed by atoms with Crippen molar-refractivity contribution in [1.82, 2.24) is 9.62 Å². The Bertz CT molecular complexity index is 663. The monoisotopic (exact) mass is 329 g/mol. The summed E-state index contributed by atoms with van der Waals surface area (Å²) in [4.78, 5) is 12.0. The van der Waals surface area contributed by atoms with Crippen molar-refractivity contribution < 1.29 is 17.6 Å². The molecule has 1 unspecified atom stereocenters. The van der Waals surface area contributed by atoms with Crippen molar-refractivity contribution in [3.8, 4) is 0 Å². The van der Waals surface area contributed by atoms with Crippen molar-refractivity contribution in [3.63, 3.8) is 0 Å². The zero-order valence-electron chi connectivity index (χ0n) is 12.6. The normalized spacial score (nSPS) is 19.7. The van der Waals surface area contributed by atoms with Crippen molar-refractivity contribution in [1.29, 1.82) is 0 Å². The van der Waals surface area contributed by atoms with Crippen LogP contribution < -0.4 is 10.6 Å². The fourth-order valence-corrected chi connectivity index (χ4v) is 3.35. The fraction of sp³-hybridized carbons (Fsp3) is 0.500. The van der Waals surface area contributed by atoms with Gasteiger partial charge in [-0.15, -0.1) is 0 Å². The van der Waals surface area contributed by atoms with Gasteiger partial charge in [0.25, 0.3) is 0 Å². The zero-order valence-corrected chi connectivity index (χ0v) is 13.4. The molecule has 2 amide bonds. The van der Waals surface area contributed by atoms with Crippen LogP contribution in [0.4, 0.5) is 14.9 Å². The van der Waals surface area contributed by atoms with E-state index in [9.17, 15) is 17.6 Å². The Hall–Kier alpha value is -1.67. The molecule has 122 valence electrons. The molecule has 22 heavy (non-hydrogen) atoms. The van der Waals surface area contributed by atoms with Gasteiger partial charge >= 0.3 is 6.03 Å². The predicted molar refractivity (Wildman–Crippen MR) is 82.7 cm³/mol. The minimum absolute atomic E-state index is 0.252. The number of benzene rings is 1. The van der Waals surface area contributed by atoms with E-state index in [-0.39, 0.29) is 12.6 Å². The molecule has 2 N–H and O–H groups in total. The lowest BCUT2D eigenvalue weighted by Crippen LogP contribution is -2.50. The molecule has 0 aliphatic carbocycles. The maximum Gasteiger partial charge on any atom is 0.319 e. The Morgan fingerprint density at radius 3 is 2.82 bits per heavy atom. The standard InChI is InChI=1S/C14H20FN3O3S/c1-10-5-6-11(15)8-13(10)17-14(19)16-12-4-3-7-18(9-12)22(2,20)21/h5-6,8,12H,3-4,7,9H2,1-2H3,(H2,16,17,19). The second kappa shape index (κ2) is 6.62. The Morgan fingerprint density at radius 1 is 1.41 bits per heavy atom. The van der Waals surface area contributed by atoms with E-state index in [1.165, 1.54) is 16.4 Å². The third-order valence-corrected chi connectivity index (χ3v) is 4.91. The summed E-state index contributed by atoms with van der Waals surface area (Å²) >= 11 is 0. The molecule has 0 aromatic heterocycles. The van der Waals surface area contributed by atoms with Gasteiger partial charge in [-0.25, -0.2) is 21.9 Å². The molecule has 0 radical (unpaired) electrons. The van der Waals surface area contributed by atoms with Crippen LogP contribution in [0.15, 0.2) is 18.2 Å². The first-order chi connectivity index (χ1) is 10.3. The highest BCUT2D eigenvalue weighted by atomic mass is 32.2. The van der Waals surface area contributed by atoms with E-state index in [0.29, 0.717) is 25.1 Å². The average Bonchev–Trinajstić information content (AvgIpc) is 2.42. The highest BCUT2D eigenvalue weighted by molar-refractivity contribution is 7.88. The Labute approximate surface area is 129 Å². The molecule has 1 fully saturated rings. The number of hydrogen-bond acceptors (Lipinski definition) is 3. The molecule has 6 nitrogen and oxygen atoms in total. The molecule has 2 rings (SSSR count). The zero-order chi connectivity index (χ0) is 16.3. The summed E-state index contributed by atoms with van der Waals surface area (Å²) in [6.45, 7) is 2.50. The maximum absolute atomic E-state index is 13.2. The summed E-state index contributed by atoms with van der Waals surface area (Å²) < 4.78 is 37.6. The van der Waals surface area contributed by atoms with Gasteiger partial charge in [-0.1, -0.05) is 6.07 Å². The van der Waals surface area contributed by atoms with Gasteiger partial charge < -0.3 is 10.6 Å². The average molecular weight is 329 g/mol. The Kier molecular flexibility index (Phi) is 5.02. The van der Waals surface area contributed by atoms with Crippen molar-refractivity contribution in [2.45, 2.75) is 25.8 Å². The van der Waals surface area contributed by atoms with Crippen molar-refractivity contribution in [2.75, 3.05) is 24.7 Å². The van der Waals surface area contributed by atoms with Crippen LogP contribution >= 0.6 is 0 Å². The summed E-state index contributed by atoms with van der Waals surface area (Å²) in [6, 6.07) is 3.44. The first-order valence-corrected chi connectivity index (χ1v) is 8.89. The second-order valence-electron chi connectivity index (χ2n) is 5.52. The van der Waals surface area contributed by atoms with Crippen LogP contribution in [-0.4, -0.2) is 44.1 Å². The number of rotatable bonds is 3. The molecule has 1 aromatic carbocycles. The van der Waals surface area contributed by atoms with Gasteiger partial charge in [0.05, 0.1) is 6.26 Å². The topological polar surface area (TPSA) is 78.5 Å². The van der Waals surface area contributed by atoms with E-state index in [0.717, 1.165) is 11.8 Å². The molecular weight excluding hydrogens is 309 g/mol. The number of nitrogens with one attached hydrogen (secondary N) is 2. The minimum atomic E-state index is -3.25. The number of nitrogens with zero attached hydrogens (tertiary/aromatic N) is 1. The van der Waals surface area contributed by atoms with Gasteiger partial charge in [-0.2, -0.15) is 0 Å². The summed E-state index contributed by atoms with van der Waals surface area (Å²) in [6.07, 6.45) is 2.56. The van der Waals surface area contributed by atoms with E-state index in [1.54, 1.807) is 13.0 Å². The first-order valence-electron chi connectivity index (χ1n) is 7.04. The van der Waals surface area contributed by atoms with Gasteiger partial charge in [0.1, 0.15) is 5.82 Å². The lowest BCUT2D eigenvalue weighted by Gasteiger charge is -2.31. The number of sulfonamides is 1. The smallest absolute Gasteiger partial charge is 0.319 e. The number of aryl methyl sites for hydroxylation is 1. The van der Waals surface area contributed by atoms with Gasteiger partial charge in [0.15, 0.2) is 0 Å². The lowest BCUT2D eigenvalue weighted by molar-refractivity contribution is 0.236. The van der Waals surface area contributed by atoms with Crippen LogP contribution in [-0.2, 0) is 10.0 Å². The Balaban J connectivity index is 1.96. The number of piperidine rings is 1. The molecule has 1 aliphatic rings. The molecule has 1 aromatic rings. The number of urea groups is 1. The van der Waals surface area contributed by atoms with Crippen LogP contribution in [0.2, 0.25) is 0 Å². The molecule has 1 atom stereocenters. The fourth-order valence-electron chi connectivity index (χ4n) is 2.43. The van der Waals surface area contributed by atoms with Crippen LogP contribution in [0.1, 0.15) is 18.4 Å². The third-order valence-electron chi connectivity index (χ3n) is 3.64. The quantitative estimate of drug-likeness (QED) is 0.885. The van der Waals surface area contributed by atoms with Gasteiger partial charge in [-0.05, 0) is 37.5 Å². The predicted octanol–water partition coefficient (Wildman–Crippen LogP) is 1.68. The van der Waals surface area contributed by atoms with Crippen molar-refractivity contribution in [3.05, 3.63) is 29.6 Å². The van der Waals surface area contributed by atoms with E-state index in [1.807, 2.05) is 0 Å². The number of amides is 2. The van der Waals surface area contributed by atoms with Crippen molar-refractivity contribution >= 4 is 21.7 Å². The number of carbonyl (C=O) groups excluding carboxylic acids is 1. The summed E-state index contributed by atoms with van der Waals surface area (Å²) in [5, 5.41) is 5.33. The number of hydrogen-bond donors (Lipinski definition) is 2. The molecule has 8 heteroatoms. The van der Waals surface area contributed by atoms with Gasteiger partial charge in [0.2, 0.25) is 10.0 Å². The molecule has 0 spiro atoms.